The van der Waals surface area contributed by atoms with Gasteiger partial charge in [-0.25, -0.2) is 4.68 Å². The number of anilines is 1. The van der Waals surface area contributed by atoms with Crippen LogP contribution < -0.4 is 10.9 Å². The summed E-state index contributed by atoms with van der Waals surface area (Å²) < 4.78 is 1.72. The lowest BCUT2D eigenvalue weighted by Crippen LogP contribution is -2.24. The van der Waals surface area contributed by atoms with Crippen LogP contribution in [0.3, 0.4) is 0 Å². The molecule has 0 aliphatic heterocycles. The molecule has 0 radical (unpaired) electrons. The molecule has 3 N–H and O–H groups in total. The second kappa shape index (κ2) is 5.78. The number of aliphatic hydroxyl groups is 1. The van der Waals surface area contributed by atoms with Gasteiger partial charge >= 0.3 is 0 Å². The molecule has 0 aromatic carbocycles. The third kappa shape index (κ3) is 3.13. The first-order chi connectivity index (χ1) is 10.9. The highest BCUT2D eigenvalue weighted by Gasteiger charge is 2.20. The van der Waals surface area contributed by atoms with Gasteiger partial charge in [-0.15, -0.1) is 0 Å². The Bertz CT molecular complexity index is 860. The van der Waals surface area contributed by atoms with Gasteiger partial charge in [0.2, 0.25) is 5.95 Å². The molecule has 0 bridgehead atoms. The van der Waals surface area contributed by atoms with Crippen molar-refractivity contribution in [1.29, 1.82) is 0 Å². The number of aliphatic hydroxyl groups excluding tert-OH is 1. The number of nitrogens with one attached hydrogen (secondary N) is 2. The molecule has 0 fully saturated rings. The zero-order valence-corrected chi connectivity index (χ0v) is 14.0. The lowest BCUT2D eigenvalue weighted by molar-refractivity contribution is 0.192. The van der Waals surface area contributed by atoms with E-state index in [-0.39, 0.29) is 17.6 Å². The van der Waals surface area contributed by atoms with Crippen LogP contribution in [0.5, 0.6) is 0 Å². The number of thiophene rings is 1. The van der Waals surface area contributed by atoms with Gasteiger partial charge in [0.1, 0.15) is 5.39 Å². The zero-order valence-electron chi connectivity index (χ0n) is 13.2. The lowest BCUT2D eigenvalue weighted by atomic mass is 10.1. The van der Waals surface area contributed by atoms with E-state index in [1.165, 1.54) is 17.5 Å². The summed E-state index contributed by atoms with van der Waals surface area (Å²) in [4.78, 5) is 19.3. The summed E-state index contributed by atoms with van der Waals surface area (Å²) in [7, 11) is 0. The minimum absolute atomic E-state index is 0.252. The van der Waals surface area contributed by atoms with E-state index in [1.807, 2.05) is 37.6 Å². The fourth-order valence-electron chi connectivity index (χ4n) is 2.27. The minimum atomic E-state index is -0.658. The van der Waals surface area contributed by atoms with E-state index >= 15 is 0 Å². The van der Waals surface area contributed by atoms with Crippen molar-refractivity contribution in [1.82, 2.24) is 19.7 Å². The van der Waals surface area contributed by atoms with Crippen LogP contribution in [0.2, 0.25) is 0 Å². The Hall–Kier alpha value is -2.19. The summed E-state index contributed by atoms with van der Waals surface area (Å²) >= 11 is 1.53. The topological polar surface area (TPSA) is 95.8 Å². The fourth-order valence-corrected chi connectivity index (χ4v) is 2.98. The van der Waals surface area contributed by atoms with Crippen molar-refractivity contribution in [2.75, 3.05) is 11.9 Å². The minimum Gasteiger partial charge on any atom is -0.387 e. The van der Waals surface area contributed by atoms with E-state index < -0.39 is 6.10 Å². The molecule has 1 unspecified atom stereocenters. The number of fused-ring (bicyclic) bond motifs is 1. The van der Waals surface area contributed by atoms with Gasteiger partial charge in [0, 0.05) is 6.54 Å². The molecule has 0 amide bonds. The number of H-pyrrole nitrogens is 1. The van der Waals surface area contributed by atoms with Gasteiger partial charge in [-0.3, -0.25) is 9.78 Å². The van der Waals surface area contributed by atoms with Gasteiger partial charge in [0.15, 0.2) is 5.65 Å². The van der Waals surface area contributed by atoms with Gasteiger partial charge < -0.3 is 10.4 Å². The van der Waals surface area contributed by atoms with E-state index in [1.54, 1.807) is 4.68 Å². The number of hydrogen-bond acceptors (Lipinski definition) is 6. The van der Waals surface area contributed by atoms with Gasteiger partial charge in [-0.1, -0.05) is 0 Å². The molecule has 23 heavy (non-hydrogen) atoms. The Balaban J connectivity index is 1.88. The molecule has 1 atom stereocenters. The van der Waals surface area contributed by atoms with Crippen molar-refractivity contribution in [3.8, 4) is 0 Å². The molecule has 3 aromatic heterocycles. The molecule has 3 heterocycles. The summed E-state index contributed by atoms with van der Waals surface area (Å²) in [5, 5.41) is 21.6. The maximum absolute atomic E-state index is 12.2. The molecule has 0 aliphatic carbocycles. The van der Waals surface area contributed by atoms with Crippen LogP contribution in [0.15, 0.2) is 27.8 Å². The lowest BCUT2D eigenvalue weighted by Gasteiger charge is -2.19. The van der Waals surface area contributed by atoms with Gasteiger partial charge in [0.25, 0.3) is 5.56 Å². The second-order valence-corrected chi connectivity index (χ2v) is 7.11. The first-order valence-corrected chi connectivity index (χ1v) is 8.23. The predicted molar refractivity (Wildman–Crippen MR) is 90.9 cm³/mol. The summed E-state index contributed by atoms with van der Waals surface area (Å²) in [6.07, 6.45) is 0.867. The van der Waals surface area contributed by atoms with Gasteiger partial charge in [-0.05, 0) is 43.2 Å². The van der Waals surface area contributed by atoms with E-state index in [0.29, 0.717) is 17.0 Å². The Morgan fingerprint density at radius 1 is 1.48 bits per heavy atom. The maximum atomic E-state index is 12.2. The second-order valence-electron chi connectivity index (χ2n) is 6.33. The van der Waals surface area contributed by atoms with Crippen molar-refractivity contribution in [2.24, 2.45) is 0 Å². The number of aromatic nitrogens is 4. The molecule has 122 valence electrons. The van der Waals surface area contributed by atoms with Crippen molar-refractivity contribution >= 4 is 28.3 Å². The van der Waals surface area contributed by atoms with Crippen LogP contribution >= 0.6 is 11.3 Å². The highest BCUT2D eigenvalue weighted by Crippen LogP contribution is 2.19. The monoisotopic (exact) mass is 333 g/mol. The third-order valence-corrected chi connectivity index (χ3v) is 4.17. The first kappa shape index (κ1) is 15.7. The van der Waals surface area contributed by atoms with E-state index in [0.717, 1.165) is 5.56 Å². The Morgan fingerprint density at radius 3 is 2.91 bits per heavy atom. The molecule has 0 saturated heterocycles. The third-order valence-electron chi connectivity index (χ3n) is 3.46. The van der Waals surface area contributed by atoms with Crippen LogP contribution in [0.25, 0.3) is 11.0 Å². The first-order valence-electron chi connectivity index (χ1n) is 7.29. The molecule has 8 heteroatoms. The molecule has 7 nitrogen and oxygen atoms in total. The summed E-state index contributed by atoms with van der Waals surface area (Å²) in [6, 6.07) is 1.87. The van der Waals surface area contributed by atoms with E-state index in [4.69, 9.17) is 0 Å². The molecule has 0 saturated carbocycles. The van der Waals surface area contributed by atoms with Crippen LogP contribution in [0, 0.1) is 0 Å². The molecule has 3 rings (SSSR count). The normalized spacial score (nSPS) is 13.4. The molecule has 0 spiro atoms. The Morgan fingerprint density at radius 2 is 2.26 bits per heavy atom. The fraction of sp³-hybridized carbons (Fsp3) is 0.400. The Labute approximate surface area is 137 Å². The van der Waals surface area contributed by atoms with Crippen molar-refractivity contribution < 1.29 is 5.11 Å². The average Bonchev–Trinajstić information content (AvgIpc) is 3.13. The predicted octanol–water partition coefficient (Wildman–Crippen LogP) is 2.08. The van der Waals surface area contributed by atoms with Crippen molar-refractivity contribution in [2.45, 2.75) is 32.4 Å². The standard InChI is InChI=1S/C15H19N5O2S/c1-15(2,3)20-12-10(6-17-20)13(22)19-14(18-12)16-7-11(21)9-4-5-23-8-9/h4-6,8,11,21H,7H2,1-3H3,(H2,16,18,19,22). The number of hydrogen-bond donors (Lipinski definition) is 3. The van der Waals surface area contributed by atoms with Gasteiger partial charge in [0.05, 0.1) is 17.8 Å². The van der Waals surface area contributed by atoms with Crippen LogP contribution in [0.4, 0.5) is 5.95 Å². The molecule has 3 aromatic rings. The smallest absolute Gasteiger partial charge is 0.263 e. The quantitative estimate of drug-likeness (QED) is 0.679. The molecular weight excluding hydrogens is 314 g/mol. The Kier molecular flexibility index (Phi) is 3.95. The number of nitrogens with zero attached hydrogens (tertiary/aromatic N) is 3. The summed E-state index contributed by atoms with van der Waals surface area (Å²) in [5.41, 5.74) is 0.827. The zero-order chi connectivity index (χ0) is 16.6. The van der Waals surface area contributed by atoms with Crippen LogP contribution in [-0.2, 0) is 5.54 Å². The SMILES string of the molecule is CC(C)(C)n1ncc2c(=O)[nH]c(NCC(O)c3ccsc3)nc21. The molecule has 0 aliphatic rings. The highest BCUT2D eigenvalue weighted by molar-refractivity contribution is 7.07. The largest absolute Gasteiger partial charge is 0.387 e. The maximum Gasteiger partial charge on any atom is 0.263 e. The highest BCUT2D eigenvalue weighted by atomic mass is 32.1. The van der Waals surface area contributed by atoms with Crippen molar-refractivity contribution in [3.05, 3.63) is 38.9 Å². The van der Waals surface area contributed by atoms with Crippen LogP contribution in [0.1, 0.15) is 32.4 Å². The summed E-state index contributed by atoms with van der Waals surface area (Å²) in [5.74, 6) is 0.322. The van der Waals surface area contributed by atoms with E-state index in [2.05, 4.69) is 20.4 Å². The number of rotatable bonds is 4. The average molecular weight is 333 g/mol. The van der Waals surface area contributed by atoms with Crippen molar-refractivity contribution in [3.63, 3.8) is 0 Å². The van der Waals surface area contributed by atoms with E-state index in [9.17, 15) is 9.90 Å². The van der Waals surface area contributed by atoms with Crippen LogP contribution in [-0.4, -0.2) is 31.4 Å². The molecular formula is C15H19N5O2S. The van der Waals surface area contributed by atoms with Gasteiger partial charge in [-0.2, -0.15) is 21.4 Å². The number of aromatic amines is 1. The summed E-state index contributed by atoms with van der Waals surface area (Å²) in [6.45, 7) is 6.25.